The first-order valence-electron chi connectivity index (χ1n) is 7.47. The largest absolute Gasteiger partial charge is 0.470 e. The second-order valence-corrected chi connectivity index (χ2v) is 5.98. The van der Waals surface area contributed by atoms with E-state index in [1.807, 2.05) is 31.1 Å². The Hall–Kier alpha value is -2.09. The smallest absolute Gasteiger partial charge is 0.271 e. The number of aromatic nitrogens is 2. The van der Waals surface area contributed by atoms with Gasteiger partial charge in [-0.05, 0) is 32.3 Å². The van der Waals surface area contributed by atoms with Crippen molar-refractivity contribution < 1.29 is 14.6 Å². The summed E-state index contributed by atoms with van der Waals surface area (Å²) in [6.07, 6.45) is 1.01. The van der Waals surface area contributed by atoms with Gasteiger partial charge in [0.2, 0.25) is 0 Å². The monoisotopic (exact) mass is 352 g/mol. The Bertz CT molecular complexity index is 675. The molecule has 2 rings (SSSR count). The van der Waals surface area contributed by atoms with E-state index in [1.54, 1.807) is 24.4 Å². The third-order valence-corrected chi connectivity index (χ3v) is 3.45. The van der Waals surface area contributed by atoms with E-state index in [0.29, 0.717) is 17.3 Å². The van der Waals surface area contributed by atoms with Crippen molar-refractivity contribution in [2.24, 2.45) is 0 Å². The number of rotatable bonds is 8. The molecule has 1 heterocycles. The Morgan fingerprint density at radius 3 is 2.88 bits per heavy atom. The standard InChI is InChI=1S/C16H21ClN4O3/c1-20(2)10-12(22)9-18-16(23)14-7-8-21(19-14)11-24-15-6-4-3-5-13(15)17/h3-8,12,22H,9-11H2,1-2H3,(H,18,23). The molecule has 0 aliphatic carbocycles. The summed E-state index contributed by atoms with van der Waals surface area (Å²) in [6.45, 7) is 0.778. The summed E-state index contributed by atoms with van der Waals surface area (Å²) in [5, 5.41) is 17.0. The Morgan fingerprint density at radius 1 is 1.42 bits per heavy atom. The van der Waals surface area contributed by atoms with Crippen LogP contribution in [-0.4, -0.2) is 59.0 Å². The van der Waals surface area contributed by atoms with Gasteiger partial charge in [-0.3, -0.25) is 4.79 Å². The number of likely N-dealkylation sites (N-methyl/N-ethyl adjacent to an activating group) is 1. The van der Waals surface area contributed by atoms with Gasteiger partial charge in [0.05, 0.1) is 11.1 Å². The van der Waals surface area contributed by atoms with Crippen LogP contribution in [0.2, 0.25) is 5.02 Å². The fourth-order valence-electron chi connectivity index (χ4n) is 2.04. The average Bonchev–Trinajstić information content (AvgIpc) is 3.00. The molecular formula is C16H21ClN4O3. The van der Waals surface area contributed by atoms with Crippen molar-refractivity contribution in [2.45, 2.75) is 12.8 Å². The predicted octanol–water partition coefficient (Wildman–Crippen LogP) is 1.23. The maximum atomic E-state index is 12.0. The number of benzene rings is 1. The number of aliphatic hydroxyl groups excluding tert-OH is 1. The molecule has 0 fully saturated rings. The first-order valence-corrected chi connectivity index (χ1v) is 7.85. The van der Waals surface area contributed by atoms with Gasteiger partial charge in [0.15, 0.2) is 6.73 Å². The molecule has 0 spiro atoms. The molecule has 1 unspecified atom stereocenters. The number of para-hydroxylation sites is 1. The highest BCUT2D eigenvalue weighted by atomic mass is 35.5. The van der Waals surface area contributed by atoms with E-state index in [2.05, 4.69) is 10.4 Å². The molecule has 0 radical (unpaired) electrons. The Morgan fingerprint density at radius 2 is 2.17 bits per heavy atom. The maximum absolute atomic E-state index is 12.0. The van der Waals surface area contributed by atoms with Gasteiger partial charge < -0.3 is 20.1 Å². The minimum absolute atomic E-state index is 0.139. The van der Waals surface area contributed by atoms with E-state index in [9.17, 15) is 9.90 Å². The number of hydrogen-bond acceptors (Lipinski definition) is 5. The summed E-state index contributed by atoms with van der Waals surface area (Å²) in [5.41, 5.74) is 0.259. The maximum Gasteiger partial charge on any atom is 0.271 e. The van der Waals surface area contributed by atoms with Crippen molar-refractivity contribution in [3.8, 4) is 5.75 Å². The second kappa shape index (κ2) is 8.68. The molecular weight excluding hydrogens is 332 g/mol. The quantitative estimate of drug-likeness (QED) is 0.747. The van der Waals surface area contributed by atoms with Crippen LogP contribution in [0, 0.1) is 0 Å². The van der Waals surface area contributed by atoms with Crippen molar-refractivity contribution in [1.82, 2.24) is 20.0 Å². The van der Waals surface area contributed by atoms with Crippen molar-refractivity contribution in [1.29, 1.82) is 0 Å². The van der Waals surface area contributed by atoms with Crippen LogP contribution in [-0.2, 0) is 6.73 Å². The topological polar surface area (TPSA) is 79.6 Å². The first kappa shape index (κ1) is 18.3. The highest BCUT2D eigenvalue weighted by Crippen LogP contribution is 2.23. The van der Waals surface area contributed by atoms with Gasteiger partial charge in [0, 0.05) is 19.3 Å². The summed E-state index contributed by atoms with van der Waals surface area (Å²) in [5.74, 6) is 0.205. The highest BCUT2D eigenvalue weighted by molar-refractivity contribution is 6.32. The van der Waals surface area contributed by atoms with Crippen molar-refractivity contribution in [3.05, 3.63) is 47.2 Å². The summed E-state index contributed by atoms with van der Waals surface area (Å²) < 4.78 is 7.04. The number of ether oxygens (including phenoxy) is 1. The van der Waals surface area contributed by atoms with Gasteiger partial charge in [0.25, 0.3) is 5.91 Å². The molecule has 1 aromatic carbocycles. The number of hydrogen-bond donors (Lipinski definition) is 2. The van der Waals surface area contributed by atoms with Crippen LogP contribution in [0.25, 0.3) is 0 Å². The minimum Gasteiger partial charge on any atom is -0.470 e. The van der Waals surface area contributed by atoms with E-state index < -0.39 is 6.10 Å². The molecule has 1 atom stereocenters. The van der Waals surface area contributed by atoms with Crippen molar-refractivity contribution in [3.63, 3.8) is 0 Å². The van der Waals surface area contributed by atoms with Crippen LogP contribution < -0.4 is 10.1 Å². The molecule has 24 heavy (non-hydrogen) atoms. The lowest BCUT2D eigenvalue weighted by molar-refractivity contribution is 0.0885. The molecule has 0 bridgehead atoms. The molecule has 0 aliphatic rings. The number of nitrogens with zero attached hydrogens (tertiary/aromatic N) is 3. The summed E-state index contributed by atoms with van der Waals surface area (Å²) in [7, 11) is 3.71. The molecule has 0 saturated heterocycles. The number of halogens is 1. The third-order valence-electron chi connectivity index (χ3n) is 3.14. The fourth-order valence-corrected chi connectivity index (χ4v) is 2.23. The zero-order valence-corrected chi connectivity index (χ0v) is 14.4. The number of amides is 1. The third kappa shape index (κ3) is 5.52. The van der Waals surface area contributed by atoms with E-state index in [0.717, 1.165) is 0 Å². The summed E-state index contributed by atoms with van der Waals surface area (Å²) in [6, 6.07) is 8.71. The SMILES string of the molecule is CN(C)CC(O)CNC(=O)c1ccn(COc2ccccc2Cl)n1. The van der Waals surface area contributed by atoms with Gasteiger partial charge in [-0.15, -0.1) is 0 Å². The molecule has 130 valence electrons. The van der Waals surface area contributed by atoms with Gasteiger partial charge >= 0.3 is 0 Å². The average molecular weight is 353 g/mol. The van der Waals surface area contributed by atoms with Gasteiger partial charge in [0.1, 0.15) is 11.4 Å². The van der Waals surface area contributed by atoms with Gasteiger partial charge in [-0.25, -0.2) is 4.68 Å². The van der Waals surface area contributed by atoms with Crippen LogP contribution in [0.3, 0.4) is 0 Å². The molecule has 8 heteroatoms. The number of carbonyl (C=O) groups is 1. The zero-order chi connectivity index (χ0) is 17.5. The Balaban J connectivity index is 1.84. The van der Waals surface area contributed by atoms with Gasteiger partial charge in [-0.2, -0.15) is 5.10 Å². The van der Waals surface area contributed by atoms with E-state index in [-0.39, 0.29) is 24.9 Å². The fraction of sp³-hybridized carbons (Fsp3) is 0.375. The van der Waals surface area contributed by atoms with Crippen LogP contribution in [0.1, 0.15) is 10.5 Å². The number of nitrogens with one attached hydrogen (secondary N) is 1. The lowest BCUT2D eigenvalue weighted by Crippen LogP contribution is -2.37. The predicted molar refractivity (Wildman–Crippen MR) is 91.2 cm³/mol. The van der Waals surface area contributed by atoms with E-state index in [4.69, 9.17) is 16.3 Å². The van der Waals surface area contributed by atoms with Crippen LogP contribution in [0.5, 0.6) is 5.75 Å². The summed E-state index contributed by atoms with van der Waals surface area (Å²) in [4.78, 5) is 13.8. The first-order chi connectivity index (χ1) is 11.5. The normalized spacial score (nSPS) is 12.2. The molecule has 2 aromatic rings. The minimum atomic E-state index is -0.630. The number of carbonyl (C=O) groups excluding carboxylic acids is 1. The molecule has 7 nitrogen and oxygen atoms in total. The zero-order valence-electron chi connectivity index (χ0n) is 13.6. The van der Waals surface area contributed by atoms with E-state index in [1.165, 1.54) is 4.68 Å². The summed E-state index contributed by atoms with van der Waals surface area (Å²) >= 11 is 6.01. The van der Waals surface area contributed by atoms with Crippen LogP contribution in [0.15, 0.2) is 36.5 Å². The second-order valence-electron chi connectivity index (χ2n) is 5.57. The van der Waals surface area contributed by atoms with Crippen molar-refractivity contribution in [2.75, 3.05) is 27.2 Å². The Labute approximate surface area is 145 Å². The van der Waals surface area contributed by atoms with Crippen LogP contribution in [0.4, 0.5) is 0 Å². The molecule has 2 N–H and O–H groups in total. The molecule has 1 amide bonds. The lowest BCUT2D eigenvalue weighted by Gasteiger charge is -2.15. The van der Waals surface area contributed by atoms with Crippen LogP contribution >= 0.6 is 11.6 Å². The molecule has 1 aromatic heterocycles. The lowest BCUT2D eigenvalue weighted by atomic mass is 10.3. The molecule has 0 saturated carbocycles. The van der Waals surface area contributed by atoms with Gasteiger partial charge in [-0.1, -0.05) is 23.7 Å². The highest BCUT2D eigenvalue weighted by Gasteiger charge is 2.12. The molecule has 0 aliphatic heterocycles. The number of aliphatic hydroxyl groups is 1. The van der Waals surface area contributed by atoms with Crippen molar-refractivity contribution >= 4 is 17.5 Å². The Kier molecular flexibility index (Phi) is 6.60. The van der Waals surface area contributed by atoms with E-state index >= 15 is 0 Å².